The van der Waals surface area contributed by atoms with Crippen LogP contribution >= 0.6 is 46.6 Å². The van der Waals surface area contributed by atoms with Gasteiger partial charge in [0.05, 0.1) is 17.9 Å². The molecule has 0 aliphatic rings. The van der Waals surface area contributed by atoms with Gasteiger partial charge in [-0.15, -0.1) is 18.3 Å². The standard InChI is InChI=1S/C33H28Cl3F7N6O4S/c1-3-27(50)49(25-14-19(2)4-13-26(25)52-16-32(38,39)40)30(54-17-31(34,35)36)46-29(51)44-15-24(37)20-5-7-21(8-6-20)28-45-18-48(47-28)22-9-11-23(12-10-22)53-33(41,42)43/h4-14,18,24H,3,15-17H2,1-2H3,(H,44,51). The van der Waals surface area contributed by atoms with Crippen molar-refractivity contribution in [1.29, 1.82) is 0 Å². The Morgan fingerprint density at radius 3 is 2.26 bits per heavy atom. The summed E-state index contributed by atoms with van der Waals surface area (Å²) < 4.78 is 100. The summed E-state index contributed by atoms with van der Waals surface area (Å²) in [6.07, 6.45) is -10.2. The SMILES string of the molecule is CCC(=O)N(C(=NC(=O)NCC(F)c1ccc(-c2ncn(-c3ccc(OC(F)(F)F)cc3)n2)cc1)SCC(Cl)(Cl)Cl)c1cc(C)ccc1OCC(F)(F)F. The zero-order valence-corrected chi connectivity index (χ0v) is 31.0. The molecule has 0 bridgehead atoms. The quantitative estimate of drug-likeness (QED) is 0.0693. The predicted octanol–water partition coefficient (Wildman–Crippen LogP) is 9.71. The summed E-state index contributed by atoms with van der Waals surface area (Å²) in [7, 11) is 0. The summed E-state index contributed by atoms with van der Waals surface area (Å²) in [5.41, 5.74) is 1.37. The molecule has 1 atom stereocenters. The summed E-state index contributed by atoms with van der Waals surface area (Å²) >= 11 is 18.4. The number of thioether (sulfide) groups is 1. The van der Waals surface area contributed by atoms with Crippen molar-refractivity contribution in [2.75, 3.05) is 23.8 Å². The van der Waals surface area contributed by atoms with Gasteiger partial charge in [0.25, 0.3) is 0 Å². The first-order valence-electron chi connectivity index (χ1n) is 15.4. The molecule has 1 unspecified atom stereocenters. The number of urea groups is 1. The number of amidine groups is 1. The van der Waals surface area contributed by atoms with Crippen LogP contribution in [0.5, 0.6) is 11.5 Å². The number of rotatable bonds is 11. The lowest BCUT2D eigenvalue weighted by Crippen LogP contribution is -2.38. The van der Waals surface area contributed by atoms with Crippen LogP contribution in [0.2, 0.25) is 0 Å². The minimum absolute atomic E-state index is 0.141. The van der Waals surface area contributed by atoms with Crippen LogP contribution in [-0.4, -0.2) is 67.1 Å². The lowest BCUT2D eigenvalue weighted by atomic mass is 10.1. The van der Waals surface area contributed by atoms with Crippen LogP contribution in [0.3, 0.4) is 0 Å². The molecule has 1 aromatic heterocycles. The normalized spacial score (nSPS) is 13.0. The molecule has 0 spiro atoms. The van der Waals surface area contributed by atoms with Crippen molar-refractivity contribution in [3.8, 4) is 28.6 Å². The average Bonchev–Trinajstić information content (AvgIpc) is 3.58. The average molecular weight is 844 g/mol. The lowest BCUT2D eigenvalue weighted by molar-refractivity contribution is -0.274. The van der Waals surface area contributed by atoms with Crippen molar-refractivity contribution in [2.45, 2.75) is 42.8 Å². The number of nitrogens with one attached hydrogen (secondary N) is 1. The molecule has 0 saturated heterocycles. The molecule has 1 heterocycles. The van der Waals surface area contributed by atoms with Gasteiger partial charge in [-0.2, -0.15) is 18.2 Å². The summed E-state index contributed by atoms with van der Waals surface area (Å²) in [5.74, 6) is -1.58. The fourth-order valence-corrected chi connectivity index (χ4v) is 5.72. The molecule has 290 valence electrons. The maximum Gasteiger partial charge on any atom is 0.573 e. The minimum Gasteiger partial charge on any atom is -0.482 e. The van der Waals surface area contributed by atoms with Crippen LogP contribution in [0.4, 0.5) is 41.2 Å². The van der Waals surface area contributed by atoms with Crippen molar-refractivity contribution in [3.05, 3.63) is 84.2 Å². The van der Waals surface area contributed by atoms with Gasteiger partial charge in [0.2, 0.25) is 5.91 Å². The maximum atomic E-state index is 15.3. The molecule has 21 heteroatoms. The first-order chi connectivity index (χ1) is 25.2. The van der Waals surface area contributed by atoms with Crippen molar-refractivity contribution in [2.24, 2.45) is 4.99 Å². The van der Waals surface area contributed by atoms with Gasteiger partial charge in [0.15, 0.2) is 21.4 Å². The highest BCUT2D eigenvalue weighted by Gasteiger charge is 2.33. The van der Waals surface area contributed by atoms with Gasteiger partial charge in [0, 0.05) is 17.7 Å². The molecule has 3 amide bonds. The molecule has 0 saturated carbocycles. The third kappa shape index (κ3) is 13.0. The molecule has 0 radical (unpaired) electrons. The molecule has 0 aliphatic carbocycles. The Bertz CT molecular complexity index is 1940. The number of anilines is 1. The minimum atomic E-state index is -4.84. The number of carbonyl (C=O) groups excluding carboxylic acids is 2. The van der Waals surface area contributed by atoms with Crippen molar-refractivity contribution < 1.29 is 49.8 Å². The second-order valence-electron chi connectivity index (χ2n) is 11.1. The number of halogens is 10. The van der Waals surface area contributed by atoms with Crippen molar-refractivity contribution in [1.82, 2.24) is 20.1 Å². The van der Waals surface area contributed by atoms with Crippen LogP contribution in [0.15, 0.2) is 78.0 Å². The van der Waals surface area contributed by atoms with E-state index in [-0.39, 0.29) is 40.2 Å². The summed E-state index contributed by atoms with van der Waals surface area (Å²) in [6, 6.07) is 13.7. The largest absolute Gasteiger partial charge is 0.573 e. The van der Waals surface area contributed by atoms with Gasteiger partial charge >= 0.3 is 18.6 Å². The monoisotopic (exact) mass is 842 g/mol. The van der Waals surface area contributed by atoms with Crippen LogP contribution in [0.1, 0.15) is 30.6 Å². The Morgan fingerprint density at radius 1 is 1.00 bits per heavy atom. The number of aliphatic imine (C=N–C) groups is 1. The van der Waals surface area contributed by atoms with E-state index in [0.29, 0.717) is 28.6 Å². The highest BCUT2D eigenvalue weighted by atomic mass is 35.6. The zero-order valence-electron chi connectivity index (χ0n) is 27.9. The molecular weight excluding hydrogens is 816 g/mol. The lowest BCUT2D eigenvalue weighted by Gasteiger charge is -2.27. The Kier molecular flexibility index (Phi) is 14.1. The summed E-state index contributed by atoms with van der Waals surface area (Å²) in [5, 5.41) is 6.21. The summed E-state index contributed by atoms with van der Waals surface area (Å²) in [4.78, 5) is 35.3. The molecule has 10 nitrogen and oxygen atoms in total. The van der Waals surface area contributed by atoms with Gasteiger partial charge < -0.3 is 14.8 Å². The van der Waals surface area contributed by atoms with Gasteiger partial charge in [-0.25, -0.2) is 18.9 Å². The molecule has 0 aliphatic heterocycles. The molecule has 1 N–H and O–H groups in total. The van der Waals surface area contributed by atoms with Gasteiger partial charge in [-0.3, -0.25) is 9.69 Å². The number of benzene rings is 3. The number of carbonyl (C=O) groups is 2. The predicted molar refractivity (Wildman–Crippen MR) is 191 cm³/mol. The second-order valence-corrected chi connectivity index (χ2v) is 14.5. The van der Waals surface area contributed by atoms with Gasteiger partial charge in [-0.1, -0.05) is 83.8 Å². The van der Waals surface area contributed by atoms with E-state index in [4.69, 9.17) is 39.5 Å². The van der Waals surface area contributed by atoms with E-state index < -0.39 is 53.3 Å². The van der Waals surface area contributed by atoms with Crippen LogP contribution in [-0.2, 0) is 4.79 Å². The Morgan fingerprint density at radius 2 is 1.67 bits per heavy atom. The molecule has 4 aromatic rings. The highest BCUT2D eigenvalue weighted by Crippen LogP contribution is 2.37. The number of aromatic nitrogens is 3. The highest BCUT2D eigenvalue weighted by molar-refractivity contribution is 8.14. The second kappa shape index (κ2) is 17.9. The van der Waals surface area contributed by atoms with E-state index in [1.54, 1.807) is 6.92 Å². The van der Waals surface area contributed by atoms with E-state index in [1.807, 2.05) is 0 Å². The van der Waals surface area contributed by atoms with Gasteiger partial charge in [-0.05, 0) is 54.4 Å². The van der Waals surface area contributed by atoms with E-state index >= 15 is 4.39 Å². The maximum absolute atomic E-state index is 15.3. The van der Waals surface area contributed by atoms with Crippen LogP contribution in [0, 0.1) is 6.92 Å². The number of alkyl halides is 10. The molecule has 0 fully saturated rings. The number of amides is 3. The van der Waals surface area contributed by atoms with E-state index in [1.165, 1.54) is 72.5 Å². The summed E-state index contributed by atoms with van der Waals surface area (Å²) in [6.45, 7) is 0.824. The van der Waals surface area contributed by atoms with Crippen LogP contribution in [0.25, 0.3) is 17.1 Å². The Hall–Kier alpha value is -4.26. The van der Waals surface area contributed by atoms with Gasteiger partial charge in [0.1, 0.15) is 24.0 Å². The molecular formula is C33H28Cl3F7N6O4S. The fourth-order valence-electron chi connectivity index (χ4n) is 4.46. The van der Waals surface area contributed by atoms with E-state index in [9.17, 15) is 35.9 Å². The van der Waals surface area contributed by atoms with Crippen molar-refractivity contribution in [3.63, 3.8) is 0 Å². The van der Waals surface area contributed by atoms with E-state index in [2.05, 4.69) is 25.1 Å². The molecule has 4 rings (SSSR count). The topological polar surface area (TPSA) is 111 Å². The number of hydrogen-bond acceptors (Lipinski definition) is 7. The fraction of sp³-hybridized carbons (Fsp3) is 0.303. The number of ether oxygens (including phenoxy) is 2. The zero-order chi connectivity index (χ0) is 39.8. The Labute approximate surface area is 322 Å². The molecule has 3 aromatic carbocycles. The first kappa shape index (κ1) is 42.5. The smallest absolute Gasteiger partial charge is 0.482 e. The van der Waals surface area contributed by atoms with Crippen LogP contribution < -0.4 is 19.7 Å². The third-order valence-electron chi connectivity index (χ3n) is 6.84. The van der Waals surface area contributed by atoms with E-state index in [0.717, 1.165) is 17.0 Å². The number of nitrogens with zero attached hydrogens (tertiary/aromatic N) is 5. The molecule has 54 heavy (non-hydrogen) atoms. The number of aryl methyl sites for hydroxylation is 1. The third-order valence-corrected chi connectivity index (χ3v) is 8.83. The Balaban J connectivity index is 1.50. The number of hydrogen-bond donors (Lipinski definition) is 1. The van der Waals surface area contributed by atoms with Crippen molar-refractivity contribution >= 4 is 69.4 Å². The first-order valence-corrected chi connectivity index (χ1v) is 17.5.